The third kappa shape index (κ3) is 5.67. The first-order chi connectivity index (χ1) is 18.6. The number of H-pyrrole nitrogens is 1. The minimum Gasteiger partial charge on any atom is -0.459 e. The van der Waals surface area contributed by atoms with Crippen molar-refractivity contribution in [2.75, 3.05) is 13.6 Å². The van der Waals surface area contributed by atoms with Gasteiger partial charge in [0.25, 0.3) is 5.91 Å². The van der Waals surface area contributed by atoms with E-state index >= 15 is 0 Å². The van der Waals surface area contributed by atoms with Crippen LogP contribution in [0, 0.1) is 0 Å². The van der Waals surface area contributed by atoms with Gasteiger partial charge in [-0.3, -0.25) is 9.69 Å². The Morgan fingerprint density at radius 1 is 1.08 bits per heavy atom. The fraction of sp³-hybridized carbons (Fsp3) is 0.455. The number of nitrogens with one attached hydrogen (secondary N) is 1. The van der Waals surface area contributed by atoms with Crippen LogP contribution in [-0.2, 0) is 21.5 Å². The van der Waals surface area contributed by atoms with Crippen LogP contribution in [0.15, 0.2) is 54.7 Å². The molecule has 39 heavy (non-hydrogen) atoms. The standard InChI is InChI=1S/C33H41N3O3/c1-22(2)39-32(38)27-20-36(21-33(3,4)29-26-16-9-10-17-28(26)34-30(27)29)31(37)24-13-11-12-23(18-24)19-35(5)25-14-7-6-8-15-25/h9-13,16-18,20,22,25,34H,6-8,14-15,19,21H2,1-5H3. The number of rotatable bonds is 6. The number of ether oxygens (including phenoxy) is 1. The fourth-order valence-corrected chi connectivity index (χ4v) is 6.29. The second-order valence-corrected chi connectivity index (χ2v) is 12.1. The van der Waals surface area contributed by atoms with E-state index in [-0.39, 0.29) is 12.0 Å². The van der Waals surface area contributed by atoms with Gasteiger partial charge in [-0.1, -0.05) is 63.4 Å². The topological polar surface area (TPSA) is 65.6 Å². The summed E-state index contributed by atoms with van der Waals surface area (Å²) in [6, 6.07) is 16.6. The predicted octanol–water partition coefficient (Wildman–Crippen LogP) is 6.66. The lowest BCUT2D eigenvalue weighted by Gasteiger charge is -2.31. The third-order valence-corrected chi connectivity index (χ3v) is 8.13. The van der Waals surface area contributed by atoms with Gasteiger partial charge < -0.3 is 14.6 Å². The number of aromatic nitrogens is 1. The van der Waals surface area contributed by atoms with Crippen molar-refractivity contribution in [1.82, 2.24) is 14.8 Å². The Bertz CT molecular complexity index is 1390. The average molecular weight is 528 g/mol. The molecule has 3 aromatic rings. The van der Waals surface area contributed by atoms with E-state index in [1.165, 1.54) is 32.1 Å². The zero-order valence-corrected chi connectivity index (χ0v) is 23.9. The number of carbonyl (C=O) groups is 2. The maximum absolute atomic E-state index is 14.0. The smallest absolute Gasteiger partial charge is 0.342 e. The highest BCUT2D eigenvalue weighted by atomic mass is 16.5. The molecule has 0 saturated heterocycles. The highest BCUT2D eigenvalue weighted by molar-refractivity contribution is 6.18. The van der Waals surface area contributed by atoms with Gasteiger partial charge in [-0.15, -0.1) is 0 Å². The Hall–Kier alpha value is -3.38. The van der Waals surface area contributed by atoms with Crippen molar-refractivity contribution in [2.24, 2.45) is 0 Å². The summed E-state index contributed by atoms with van der Waals surface area (Å²) in [7, 11) is 2.19. The van der Waals surface area contributed by atoms with E-state index in [1.54, 1.807) is 11.1 Å². The molecule has 1 saturated carbocycles. The molecule has 0 atom stereocenters. The first-order valence-electron chi connectivity index (χ1n) is 14.3. The largest absolute Gasteiger partial charge is 0.459 e. The van der Waals surface area contributed by atoms with Gasteiger partial charge in [0.05, 0.1) is 17.4 Å². The Labute approximate surface area is 232 Å². The molecule has 0 unspecified atom stereocenters. The molecule has 2 heterocycles. The summed E-state index contributed by atoms with van der Waals surface area (Å²) in [4.78, 5) is 35.0. The maximum Gasteiger partial charge on any atom is 0.342 e. The Morgan fingerprint density at radius 3 is 2.56 bits per heavy atom. The van der Waals surface area contributed by atoms with E-state index in [4.69, 9.17) is 4.74 Å². The Kier molecular flexibility index (Phi) is 7.68. The van der Waals surface area contributed by atoms with Crippen LogP contribution in [0.4, 0.5) is 0 Å². The van der Waals surface area contributed by atoms with Crippen molar-refractivity contribution in [3.63, 3.8) is 0 Å². The Balaban J connectivity index is 1.49. The van der Waals surface area contributed by atoms with Crippen LogP contribution in [-0.4, -0.2) is 52.4 Å². The summed E-state index contributed by atoms with van der Waals surface area (Å²) < 4.78 is 5.65. The van der Waals surface area contributed by atoms with E-state index in [9.17, 15) is 9.59 Å². The van der Waals surface area contributed by atoms with Gasteiger partial charge in [-0.2, -0.15) is 0 Å². The first kappa shape index (κ1) is 27.2. The molecule has 1 amide bonds. The molecule has 1 aliphatic heterocycles. The number of hydrogen-bond acceptors (Lipinski definition) is 4. The molecule has 6 nitrogen and oxygen atoms in total. The molecule has 2 aliphatic rings. The van der Waals surface area contributed by atoms with Crippen molar-refractivity contribution >= 4 is 28.4 Å². The molecule has 6 heteroatoms. The number of fused-ring (bicyclic) bond motifs is 3. The van der Waals surface area contributed by atoms with E-state index in [2.05, 4.69) is 42.9 Å². The quantitative estimate of drug-likeness (QED) is 0.364. The van der Waals surface area contributed by atoms with Crippen LogP contribution < -0.4 is 0 Å². The van der Waals surface area contributed by atoms with Gasteiger partial charge in [0.2, 0.25) is 0 Å². The molecule has 1 N–H and O–H groups in total. The van der Waals surface area contributed by atoms with Crippen molar-refractivity contribution in [3.05, 3.63) is 77.1 Å². The minimum atomic E-state index is -0.434. The molecule has 0 radical (unpaired) electrons. The lowest BCUT2D eigenvalue weighted by atomic mass is 9.81. The summed E-state index contributed by atoms with van der Waals surface area (Å²) in [6.07, 6.45) is 7.83. The number of aromatic amines is 1. The van der Waals surface area contributed by atoms with Crippen LogP contribution >= 0.6 is 0 Å². The molecule has 5 rings (SSSR count). The van der Waals surface area contributed by atoms with Gasteiger partial charge >= 0.3 is 5.97 Å². The number of nitrogens with zero attached hydrogens (tertiary/aromatic N) is 2. The van der Waals surface area contributed by atoms with Gasteiger partial charge in [-0.25, -0.2) is 4.79 Å². The number of hydrogen-bond donors (Lipinski definition) is 1. The summed E-state index contributed by atoms with van der Waals surface area (Å²) in [5, 5.41) is 1.06. The van der Waals surface area contributed by atoms with Gasteiger partial charge in [0.1, 0.15) is 0 Å². The second kappa shape index (κ2) is 11.0. The SMILES string of the molecule is CC(C)OC(=O)C1=CN(C(=O)c2cccc(CN(C)C3CCCCC3)c2)CC(C)(C)c2c1[nH]c1ccccc21. The summed E-state index contributed by atoms with van der Waals surface area (Å²) in [5.74, 6) is -0.550. The van der Waals surface area contributed by atoms with Crippen LogP contribution in [0.1, 0.15) is 87.0 Å². The van der Waals surface area contributed by atoms with Crippen molar-refractivity contribution in [2.45, 2.75) is 83.9 Å². The van der Waals surface area contributed by atoms with Gasteiger partial charge in [-0.05, 0) is 63.1 Å². The summed E-state index contributed by atoms with van der Waals surface area (Å²) >= 11 is 0. The molecular weight excluding hydrogens is 486 g/mol. The lowest BCUT2D eigenvalue weighted by molar-refractivity contribution is -0.140. The summed E-state index contributed by atoms with van der Waals surface area (Å²) in [5.41, 5.74) is 4.44. The first-order valence-corrected chi connectivity index (χ1v) is 14.3. The fourth-order valence-electron chi connectivity index (χ4n) is 6.29. The molecule has 1 fully saturated rings. The van der Waals surface area contributed by atoms with E-state index < -0.39 is 11.4 Å². The number of benzene rings is 2. The lowest BCUT2D eigenvalue weighted by Crippen LogP contribution is -2.37. The number of carbonyl (C=O) groups excluding carboxylic acids is 2. The van der Waals surface area contributed by atoms with Crippen molar-refractivity contribution < 1.29 is 14.3 Å². The molecule has 206 valence electrons. The summed E-state index contributed by atoms with van der Waals surface area (Å²) in [6.45, 7) is 9.19. The molecule has 1 aliphatic carbocycles. The molecular formula is C33H41N3O3. The minimum absolute atomic E-state index is 0.116. The predicted molar refractivity (Wildman–Crippen MR) is 156 cm³/mol. The van der Waals surface area contributed by atoms with Gasteiger partial charge in [0, 0.05) is 47.2 Å². The zero-order valence-electron chi connectivity index (χ0n) is 23.9. The van der Waals surface area contributed by atoms with Crippen LogP contribution in [0.5, 0.6) is 0 Å². The number of para-hydroxylation sites is 1. The number of esters is 1. The third-order valence-electron chi connectivity index (χ3n) is 8.13. The second-order valence-electron chi connectivity index (χ2n) is 12.1. The number of amides is 1. The van der Waals surface area contributed by atoms with E-state index in [1.807, 2.05) is 50.2 Å². The normalized spacial score (nSPS) is 17.7. The molecule has 0 bridgehead atoms. The maximum atomic E-state index is 14.0. The van der Waals surface area contributed by atoms with Gasteiger partial charge in [0.15, 0.2) is 0 Å². The molecule has 1 aromatic heterocycles. The highest BCUT2D eigenvalue weighted by Crippen LogP contribution is 2.40. The highest BCUT2D eigenvalue weighted by Gasteiger charge is 2.37. The van der Waals surface area contributed by atoms with Crippen LogP contribution in [0.3, 0.4) is 0 Å². The van der Waals surface area contributed by atoms with Crippen LogP contribution in [0.25, 0.3) is 16.5 Å². The van der Waals surface area contributed by atoms with Crippen molar-refractivity contribution in [1.29, 1.82) is 0 Å². The Morgan fingerprint density at radius 2 is 1.82 bits per heavy atom. The molecule has 0 spiro atoms. The van der Waals surface area contributed by atoms with E-state index in [0.717, 1.165) is 34.3 Å². The van der Waals surface area contributed by atoms with E-state index in [0.29, 0.717) is 23.7 Å². The van der Waals surface area contributed by atoms with Crippen molar-refractivity contribution in [3.8, 4) is 0 Å². The zero-order chi connectivity index (χ0) is 27.7. The monoisotopic (exact) mass is 527 g/mol. The van der Waals surface area contributed by atoms with Crippen LogP contribution in [0.2, 0.25) is 0 Å². The molecule has 2 aromatic carbocycles. The average Bonchev–Trinajstić information content (AvgIpc) is 3.26.